The predicted molar refractivity (Wildman–Crippen MR) is 88.7 cm³/mol. The minimum absolute atomic E-state index is 0.0360. The summed E-state index contributed by atoms with van der Waals surface area (Å²) in [4.78, 5) is 4.71. The third-order valence-electron chi connectivity index (χ3n) is 4.42. The Bertz CT molecular complexity index is 636. The fraction of sp³-hybridized carbons (Fsp3) is 0.562. The van der Waals surface area contributed by atoms with Gasteiger partial charge in [-0.3, -0.25) is 4.90 Å². The lowest BCUT2D eigenvalue weighted by Gasteiger charge is -2.37. The van der Waals surface area contributed by atoms with Crippen LogP contribution in [0.1, 0.15) is 17.4 Å². The number of nitrogens with zero attached hydrogens (tertiary/aromatic N) is 6. The lowest BCUT2D eigenvalue weighted by molar-refractivity contribution is 0.119. The summed E-state index contributed by atoms with van der Waals surface area (Å²) < 4.78 is 6.97. The summed E-state index contributed by atoms with van der Waals surface area (Å²) in [6.45, 7) is 5.07. The summed E-state index contributed by atoms with van der Waals surface area (Å²) >= 11 is 0. The number of phenolic OH excluding ortho intramolecular Hbond substituents is 1. The average Bonchev–Trinajstić information content (AvgIpc) is 3.05. The van der Waals surface area contributed by atoms with Gasteiger partial charge in [0.05, 0.1) is 19.2 Å². The van der Waals surface area contributed by atoms with Crippen molar-refractivity contribution in [3.05, 3.63) is 35.7 Å². The molecule has 0 aliphatic carbocycles. The van der Waals surface area contributed by atoms with Crippen LogP contribution in [0.2, 0.25) is 0 Å². The van der Waals surface area contributed by atoms with Crippen molar-refractivity contribution in [2.24, 2.45) is 0 Å². The first kappa shape index (κ1) is 16.8. The van der Waals surface area contributed by atoms with Crippen LogP contribution in [0.15, 0.2) is 24.3 Å². The van der Waals surface area contributed by atoms with Gasteiger partial charge in [0.1, 0.15) is 5.75 Å². The van der Waals surface area contributed by atoms with E-state index in [-0.39, 0.29) is 11.8 Å². The normalized spacial score (nSPS) is 17.9. The van der Waals surface area contributed by atoms with Crippen molar-refractivity contribution in [3.63, 3.8) is 0 Å². The van der Waals surface area contributed by atoms with Gasteiger partial charge in [0.2, 0.25) is 0 Å². The van der Waals surface area contributed by atoms with Crippen molar-refractivity contribution >= 4 is 0 Å². The summed E-state index contributed by atoms with van der Waals surface area (Å²) in [6.07, 6.45) is 0. The number of hydrogen-bond donors (Lipinski definition) is 1. The van der Waals surface area contributed by atoms with E-state index in [1.165, 1.54) is 0 Å². The van der Waals surface area contributed by atoms with Gasteiger partial charge in [0.25, 0.3) is 0 Å². The molecule has 2 aromatic rings. The zero-order valence-electron chi connectivity index (χ0n) is 14.2. The van der Waals surface area contributed by atoms with E-state index in [1.54, 1.807) is 23.9 Å². The molecule has 24 heavy (non-hydrogen) atoms. The molecule has 1 saturated heterocycles. The van der Waals surface area contributed by atoms with Gasteiger partial charge < -0.3 is 14.7 Å². The fourth-order valence-electron chi connectivity index (χ4n) is 3.00. The molecule has 3 rings (SSSR count). The van der Waals surface area contributed by atoms with Crippen LogP contribution in [-0.4, -0.2) is 82.1 Å². The number of likely N-dealkylation sites (N-methyl/N-ethyl adjacent to an activating group) is 1. The molecular weight excluding hydrogens is 308 g/mol. The van der Waals surface area contributed by atoms with Crippen LogP contribution in [0, 0.1) is 0 Å². The van der Waals surface area contributed by atoms with Crippen molar-refractivity contribution in [1.82, 2.24) is 30.0 Å². The van der Waals surface area contributed by atoms with E-state index in [9.17, 15) is 5.11 Å². The topological polar surface area (TPSA) is 79.5 Å². The molecule has 0 radical (unpaired) electrons. The zero-order chi connectivity index (χ0) is 16.9. The Kier molecular flexibility index (Phi) is 5.39. The minimum atomic E-state index is -0.0360. The second kappa shape index (κ2) is 7.69. The third-order valence-corrected chi connectivity index (χ3v) is 4.42. The number of methoxy groups -OCH3 is 1. The van der Waals surface area contributed by atoms with Gasteiger partial charge in [-0.05, 0) is 35.2 Å². The number of aromatic hydroxyl groups is 1. The molecule has 0 saturated carbocycles. The van der Waals surface area contributed by atoms with Gasteiger partial charge in [0.15, 0.2) is 5.82 Å². The second-order valence-electron chi connectivity index (χ2n) is 6.09. The maximum Gasteiger partial charge on any atom is 0.173 e. The first-order valence-corrected chi connectivity index (χ1v) is 8.15. The molecule has 8 nitrogen and oxygen atoms in total. The summed E-state index contributed by atoms with van der Waals surface area (Å²) in [7, 11) is 3.80. The molecule has 2 heterocycles. The highest BCUT2D eigenvalue weighted by atomic mass is 16.5. The molecule has 1 N–H and O–H groups in total. The highest BCUT2D eigenvalue weighted by Crippen LogP contribution is 2.29. The van der Waals surface area contributed by atoms with Gasteiger partial charge in [-0.25, -0.2) is 4.68 Å². The van der Waals surface area contributed by atoms with E-state index >= 15 is 0 Å². The third kappa shape index (κ3) is 3.72. The molecule has 0 amide bonds. The van der Waals surface area contributed by atoms with Gasteiger partial charge >= 0.3 is 0 Å². The highest BCUT2D eigenvalue weighted by molar-refractivity contribution is 5.31. The van der Waals surface area contributed by atoms with Crippen LogP contribution in [-0.2, 0) is 11.3 Å². The van der Waals surface area contributed by atoms with Crippen molar-refractivity contribution in [2.75, 3.05) is 46.9 Å². The summed E-state index contributed by atoms with van der Waals surface area (Å²) in [6, 6.07) is 7.26. The average molecular weight is 332 g/mol. The fourth-order valence-corrected chi connectivity index (χ4v) is 3.00. The first-order valence-electron chi connectivity index (χ1n) is 8.15. The van der Waals surface area contributed by atoms with Gasteiger partial charge in [-0.15, -0.1) is 5.10 Å². The van der Waals surface area contributed by atoms with E-state index in [2.05, 4.69) is 32.4 Å². The molecule has 0 unspecified atom stereocenters. The Morgan fingerprint density at radius 2 is 1.88 bits per heavy atom. The molecule has 1 aliphatic heterocycles. The monoisotopic (exact) mass is 332 g/mol. The number of rotatable bonds is 6. The zero-order valence-corrected chi connectivity index (χ0v) is 14.2. The Morgan fingerprint density at radius 1 is 1.17 bits per heavy atom. The Morgan fingerprint density at radius 3 is 2.54 bits per heavy atom. The lowest BCUT2D eigenvalue weighted by Crippen LogP contribution is -2.46. The minimum Gasteiger partial charge on any atom is -0.508 e. The Hall–Kier alpha value is -2.03. The van der Waals surface area contributed by atoms with Crippen LogP contribution >= 0.6 is 0 Å². The summed E-state index contributed by atoms with van der Waals surface area (Å²) in [5.74, 6) is 1.07. The lowest BCUT2D eigenvalue weighted by atomic mass is 10.0. The van der Waals surface area contributed by atoms with E-state index in [0.29, 0.717) is 13.2 Å². The summed E-state index contributed by atoms with van der Waals surface area (Å²) in [5, 5.41) is 21.9. The number of tetrazole rings is 1. The number of aromatic nitrogens is 4. The molecule has 0 bridgehead atoms. The predicted octanol–water partition coefficient (Wildman–Crippen LogP) is 0.362. The largest absolute Gasteiger partial charge is 0.508 e. The number of phenols is 1. The standard InChI is InChI=1S/C16H24N6O2/c1-20-7-9-21(10-8-20)15(13-3-5-14(23)6-4-13)16-17-18-19-22(16)11-12-24-2/h3-6,15,23H,7-12H2,1-2H3/t15-/m1/s1. The molecule has 0 spiro atoms. The number of hydrogen-bond acceptors (Lipinski definition) is 7. The van der Waals surface area contributed by atoms with Crippen LogP contribution in [0.4, 0.5) is 0 Å². The Balaban J connectivity index is 1.92. The summed E-state index contributed by atoms with van der Waals surface area (Å²) in [5.41, 5.74) is 1.07. The molecule has 1 atom stereocenters. The maximum absolute atomic E-state index is 9.60. The van der Waals surface area contributed by atoms with Crippen LogP contribution < -0.4 is 0 Å². The first-order chi connectivity index (χ1) is 11.7. The molecule has 1 aliphatic rings. The van der Waals surface area contributed by atoms with Crippen molar-refractivity contribution in [1.29, 1.82) is 0 Å². The van der Waals surface area contributed by atoms with Gasteiger partial charge in [0, 0.05) is 33.3 Å². The maximum atomic E-state index is 9.60. The molecule has 130 valence electrons. The van der Waals surface area contributed by atoms with Crippen LogP contribution in [0.25, 0.3) is 0 Å². The molecule has 1 fully saturated rings. The quantitative estimate of drug-likeness (QED) is 0.818. The van der Waals surface area contributed by atoms with E-state index < -0.39 is 0 Å². The number of benzene rings is 1. The van der Waals surface area contributed by atoms with E-state index in [1.807, 2.05) is 12.1 Å². The van der Waals surface area contributed by atoms with E-state index in [4.69, 9.17) is 4.74 Å². The SMILES string of the molecule is COCCn1nnnc1[C@@H](c1ccc(O)cc1)N1CCN(C)CC1. The van der Waals surface area contributed by atoms with E-state index in [0.717, 1.165) is 37.6 Å². The van der Waals surface area contributed by atoms with Crippen LogP contribution in [0.5, 0.6) is 5.75 Å². The highest BCUT2D eigenvalue weighted by Gasteiger charge is 2.29. The second-order valence-corrected chi connectivity index (χ2v) is 6.09. The number of piperazine rings is 1. The molecule has 1 aromatic heterocycles. The molecule has 8 heteroatoms. The van der Waals surface area contributed by atoms with Crippen LogP contribution in [0.3, 0.4) is 0 Å². The van der Waals surface area contributed by atoms with Crippen molar-refractivity contribution < 1.29 is 9.84 Å². The molecular formula is C16H24N6O2. The van der Waals surface area contributed by atoms with Crippen molar-refractivity contribution in [3.8, 4) is 5.75 Å². The smallest absolute Gasteiger partial charge is 0.173 e. The Labute approximate surface area is 141 Å². The van der Waals surface area contributed by atoms with Crippen molar-refractivity contribution in [2.45, 2.75) is 12.6 Å². The van der Waals surface area contributed by atoms with Gasteiger partial charge in [-0.1, -0.05) is 12.1 Å². The van der Waals surface area contributed by atoms with Gasteiger partial charge in [-0.2, -0.15) is 0 Å². The number of ether oxygens (including phenoxy) is 1. The molecule has 1 aromatic carbocycles.